The van der Waals surface area contributed by atoms with Gasteiger partial charge in [0.2, 0.25) is 0 Å². The quantitative estimate of drug-likeness (QED) is 0.691. The van der Waals surface area contributed by atoms with Crippen LogP contribution in [-0.4, -0.2) is 20.9 Å². The van der Waals surface area contributed by atoms with Crippen molar-refractivity contribution in [1.29, 1.82) is 0 Å². The molecular weight excluding hydrogens is 280 g/mol. The fourth-order valence-electron chi connectivity index (χ4n) is 2.27. The van der Waals surface area contributed by atoms with Gasteiger partial charge in [-0.2, -0.15) is 0 Å². The second kappa shape index (κ2) is 5.48. The first-order valence-electron chi connectivity index (χ1n) is 7.00. The van der Waals surface area contributed by atoms with Crippen molar-refractivity contribution in [3.8, 4) is 0 Å². The molecular formula is C16H16N4O2. The smallest absolute Gasteiger partial charge is 0.260 e. The maximum atomic E-state index is 12.2. The van der Waals surface area contributed by atoms with Crippen molar-refractivity contribution < 1.29 is 4.79 Å². The molecule has 112 valence electrons. The van der Waals surface area contributed by atoms with Gasteiger partial charge in [0, 0.05) is 5.69 Å². The molecule has 3 aromatic rings. The van der Waals surface area contributed by atoms with Crippen LogP contribution < -0.4 is 10.9 Å². The Morgan fingerprint density at radius 2 is 1.95 bits per heavy atom. The summed E-state index contributed by atoms with van der Waals surface area (Å²) >= 11 is 0. The Kier molecular flexibility index (Phi) is 3.50. The number of nitrogens with one attached hydrogen (secondary N) is 3. The van der Waals surface area contributed by atoms with Crippen LogP contribution in [0.1, 0.15) is 34.8 Å². The van der Waals surface area contributed by atoms with Crippen molar-refractivity contribution >= 4 is 16.9 Å². The van der Waals surface area contributed by atoms with Crippen LogP contribution in [-0.2, 0) is 0 Å². The van der Waals surface area contributed by atoms with E-state index in [2.05, 4.69) is 20.3 Å². The number of H-pyrrole nitrogens is 2. The van der Waals surface area contributed by atoms with Gasteiger partial charge in [-0.1, -0.05) is 12.1 Å². The van der Waals surface area contributed by atoms with Crippen LogP contribution in [0.3, 0.4) is 0 Å². The van der Waals surface area contributed by atoms with Gasteiger partial charge in [-0.05, 0) is 38.1 Å². The predicted molar refractivity (Wildman–Crippen MR) is 83.8 cm³/mol. The molecule has 1 atom stereocenters. The SMILES string of the molecule is Cc1ccc(C(=O)N[C@@H](C)c2nc3ccccc3[nH]2)c(=O)[nH]1. The minimum absolute atomic E-state index is 0.0913. The molecule has 0 bridgehead atoms. The van der Waals surface area contributed by atoms with Gasteiger partial charge in [0.15, 0.2) is 0 Å². The van der Waals surface area contributed by atoms with Crippen molar-refractivity contribution in [2.24, 2.45) is 0 Å². The summed E-state index contributed by atoms with van der Waals surface area (Å²) in [6, 6.07) is 10.5. The highest BCUT2D eigenvalue weighted by Crippen LogP contribution is 2.15. The van der Waals surface area contributed by atoms with Gasteiger partial charge in [-0.25, -0.2) is 4.98 Å². The van der Waals surface area contributed by atoms with Crippen molar-refractivity contribution in [2.45, 2.75) is 19.9 Å². The molecule has 0 saturated carbocycles. The number of hydrogen-bond acceptors (Lipinski definition) is 3. The van der Waals surface area contributed by atoms with Crippen LogP contribution >= 0.6 is 0 Å². The predicted octanol–water partition coefficient (Wildman–Crippen LogP) is 2.05. The van der Waals surface area contributed by atoms with Crippen molar-refractivity contribution in [1.82, 2.24) is 20.3 Å². The van der Waals surface area contributed by atoms with E-state index in [4.69, 9.17) is 0 Å². The number of aryl methyl sites for hydroxylation is 1. The van der Waals surface area contributed by atoms with Crippen LogP contribution in [0.5, 0.6) is 0 Å². The summed E-state index contributed by atoms with van der Waals surface area (Å²) in [6.45, 7) is 3.58. The Morgan fingerprint density at radius 3 is 2.68 bits per heavy atom. The lowest BCUT2D eigenvalue weighted by Gasteiger charge is -2.11. The zero-order chi connectivity index (χ0) is 15.7. The topological polar surface area (TPSA) is 90.6 Å². The first-order chi connectivity index (χ1) is 10.5. The summed E-state index contributed by atoms with van der Waals surface area (Å²) in [5.41, 5.74) is 2.16. The third-order valence-corrected chi connectivity index (χ3v) is 3.47. The second-order valence-corrected chi connectivity index (χ2v) is 5.22. The summed E-state index contributed by atoms with van der Waals surface area (Å²) < 4.78 is 0. The number of amides is 1. The molecule has 0 unspecified atom stereocenters. The lowest BCUT2D eigenvalue weighted by Crippen LogP contribution is -2.32. The summed E-state index contributed by atoms with van der Waals surface area (Å²) in [7, 11) is 0. The van der Waals surface area contributed by atoms with Crippen LogP contribution in [0.25, 0.3) is 11.0 Å². The van der Waals surface area contributed by atoms with Crippen LogP contribution in [0.15, 0.2) is 41.2 Å². The van der Waals surface area contributed by atoms with E-state index in [1.165, 1.54) is 6.07 Å². The highest BCUT2D eigenvalue weighted by atomic mass is 16.2. The van der Waals surface area contributed by atoms with E-state index >= 15 is 0 Å². The molecule has 0 aliphatic carbocycles. The molecule has 2 aromatic heterocycles. The number of nitrogens with zero attached hydrogens (tertiary/aromatic N) is 1. The average molecular weight is 296 g/mol. The van der Waals surface area contributed by atoms with Gasteiger partial charge in [-0.3, -0.25) is 9.59 Å². The molecule has 3 rings (SSSR count). The number of imidazole rings is 1. The molecule has 6 nitrogen and oxygen atoms in total. The third kappa shape index (κ3) is 2.63. The third-order valence-electron chi connectivity index (χ3n) is 3.47. The molecule has 1 amide bonds. The van der Waals surface area contributed by atoms with Gasteiger partial charge in [-0.15, -0.1) is 0 Å². The number of rotatable bonds is 3. The van der Waals surface area contributed by atoms with Crippen molar-refractivity contribution in [2.75, 3.05) is 0 Å². The van der Waals surface area contributed by atoms with Crippen molar-refractivity contribution in [3.63, 3.8) is 0 Å². The minimum atomic E-state index is -0.422. The number of para-hydroxylation sites is 2. The molecule has 0 fully saturated rings. The first-order valence-corrected chi connectivity index (χ1v) is 7.00. The van der Waals surface area contributed by atoms with Gasteiger partial charge < -0.3 is 15.3 Å². The number of aromatic nitrogens is 3. The molecule has 2 heterocycles. The second-order valence-electron chi connectivity index (χ2n) is 5.22. The standard InChI is InChI=1S/C16H16N4O2/c1-9-7-8-11(15(21)17-9)16(22)18-10(2)14-19-12-5-3-4-6-13(12)20-14/h3-8,10H,1-2H3,(H,17,21)(H,18,22)(H,19,20)/t10-/m0/s1. The Morgan fingerprint density at radius 1 is 1.18 bits per heavy atom. The Balaban J connectivity index is 1.82. The fraction of sp³-hybridized carbons (Fsp3) is 0.188. The summed E-state index contributed by atoms with van der Waals surface area (Å²) in [5.74, 6) is 0.229. The summed E-state index contributed by atoms with van der Waals surface area (Å²) in [4.78, 5) is 34.2. The van der Waals surface area contributed by atoms with Gasteiger partial charge in [0.05, 0.1) is 17.1 Å². The van der Waals surface area contributed by atoms with E-state index in [9.17, 15) is 9.59 Å². The van der Waals surface area contributed by atoms with E-state index in [0.29, 0.717) is 11.5 Å². The number of carbonyl (C=O) groups excluding carboxylic acids is 1. The van der Waals surface area contributed by atoms with E-state index < -0.39 is 11.5 Å². The Hall–Kier alpha value is -2.89. The summed E-state index contributed by atoms with van der Waals surface area (Å²) in [5, 5.41) is 2.78. The number of aromatic amines is 2. The zero-order valence-corrected chi connectivity index (χ0v) is 12.3. The highest BCUT2D eigenvalue weighted by molar-refractivity contribution is 5.94. The van der Waals surface area contributed by atoms with E-state index in [1.54, 1.807) is 13.0 Å². The maximum absolute atomic E-state index is 12.2. The molecule has 1 aromatic carbocycles. The zero-order valence-electron chi connectivity index (χ0n) is 12.3. The first kappa shape index (κ1) is 14.1. The van der Waals surface area contributed by atoms with Gasteiger partial charge in [0.25, 0.3) is 11.5 Å². The normalized spacial score (nSPS) is 12.3. The number of hydrogen-bond donors (Lipinski definition) is 3. The van der Waals surface area contributed by atoms with Gasteiger partial charge >= 0.3 is 0 Å². The number of fused-ring (bicyclic) bond motifs is 1. The monoisotopic (exact) mass is 296 g/mol. The molecule has 22 heavy (non-hydrogen) atoms. The number of pyridine rings is 1. The highest BCUT2D eigenvalue weighted by Gasteiger charge is 2.16. The largest absolute Gasteiger partial charge is 0.342 e. The lowest BCUT2D eigenvalue weighted by atomic mass is 10.2. The average Bonchev–Trinajstić information content (AvgIpc) is 2.91. The molecule has 6 heteroatoms. The molecule has 0 aliphatic heterocycles. The van der Waals surface area contributed by atoms with Crippen LogP contribution in [0, 0.1) is 6.92 Å². The van der Waals surface area contributed by atoms with Crippen LogP contribution in [0.4, 0.5) is 0 Å². The Labute approximate surface area is 126 Å². The van der Waals surface area contributed by atoms with Gasteiger partial charge in [0.1, 0.15) is 11.4 Å². The molecule has 3 N–H and O–H groups in total. The number of benzene rings is 1. The molecule has 0 spiro atoms. The van der Waals surface area contributed by atoms with E-state index in [-0.39, 0.29) is 11.6 Å². The number of carbonyl (C=O) groups is 1. The molecule has 0 saturated heterocycles. The summed E-state index contributed by atoms with van der Waals surface area (Å²) in [6.07, 6.45) is 0. The maximum Gasteiger partial charge on any atom is 0.260 e. The molecule has 0 aliphatic rings. The Bertz CT molecular complexity index is 861. The molecule has 0 radical (unpaired) electrons. The van der Waals surface area contributed by atoms with E-state index in [1.807, 2.05) is 31.2 Å². The van der Waals surface area contributed by atoms with E-state index in [0.717, 1.165) is 11.0 Å². The van der Waals surface area contributed by atoms with Crippen LogP contribution in [0.2, 0.25) is 0 Å². The lowest BCUT2D eigenvalue weighted by molar-refractivity contribution is 0.0937. The van der Waals surface area contributed by atoms with Crippen molar-refractivity contribution in [3.05, 3.63) is 63.8 Å². The minimum Gasteiger partial charge on any atom is -0.342 e. The fourth-order valence-corrected chi connectivity index (χ4v) is 2.27.